The first-order valence-electron chi connectivity index (χ1n) is 36.6. The third-order valence-corrected chi connectivity index (χ3v) is 23.2. The van der Waals surface area contributed by atoms with Crippen molar-refractivity contribution >= 4 is 82.5 Å². The van der Waals surface area contributed by atoms with Crippen molar-refractivity contribution in [2.45, 2.75) is 234 Å². The van der Waals surface area contributed by atoms with Crippen LogP contribution in [-0.2, 0) is 70.1 Å². The number of nitrogens with zero attached hydrogens (tertiary/aromatic N) is 9. The van der Waals surface area contributed by atoms with Crippen molar-refractivity contribution < 1.29 is 79.5 Å². The lowest BCUT2D eigenvalue weighted by Crippen LogP contribution is -2.65. The first-order chi connectivity index (χ1) is 48.1. The summed E-state index contributed by atoms with van der Waals surface area (Å²) < 4.78 is 74.0. The number of alkyl halides is 5. The molecule has 8 rings (SSSR count). The standard InChI is InChI=1S/C72H106ClF5N12O12/c1-10-44(2)59-67(100)84(5)41-57(93)82(3)42-58(94)85(6)52(37-45-22-13-11-14-23-45)65(98)83(4)40-55(91)79-51(31-29-46-28-30-49(50(73)36-46)72(76,77)78)64(97)90-43-71(74,75)39-54(90)62(95)81-70(32-17-18-33-70)69(102)88(9)61(48-24-15-12-16-25-48)68(101)86(7)53(66(99)89-34-19-20-35-89)38-56(92)87(8)60(63(96)80-59)47-26-21-27-47/h28,30,36,44-45,47-48,51-54,59-61H,10-27,29,31-35,37-43H2,1-9H3,(H,79,91)(H,80,96)(H,81,95)/t44-,51-,52-,53-,54-,59-,60-,61-/m0/s1. The van der Waals surface area contributed by atoms with Crippen molar-refractivity contribution in [2.75, 3.05) is 88.6 Å². The van der Waals surface area contributed by atoms with Crippen LogP contribution in [0.4, 0.5) is 22.0 Å². The van der Waals surface area contributed by atoms with Crippen LogP contribution in [0.5, 0.6) is 0 Å². The number of likely N-dealkylation sites (N-methyl/N-ethyl adjacent to an activating group) is 7. The largest absolute Gasteiger partial charge is 0.417 e. The normalized spacial score (nSPS) is 27.9. The Balaban J connectivity index is 1.18. The second-order valence-corrected chi connectivity index (χ2v) is 30.6. The Labute approximate surface area is 600 Å². The first kappa shape index (κ1) is 80.5. The third kappa shape index (κ3) is 19.2. The molecule has 3 heterocycles. The maximum atomic E-state index is 16.2. The summed E-state index contributed by atoms with van der Waals surface area (Å²) in [7, 11) is 9.64. The zero-order valence-electron chi connectivity index (χ0n) is 60.7. The molecule has 0 unspecified atom stereocenters. The minimum absolute atomic E-state index is 0.0151. The highest BCUT2D eigenvalue weighted by molar-refractivity contribution is 6.31. The summed E-state index contributed by atoms with van der Waals surface area (Å²) in [5.41, 5.74) is -2.83. The number of nitrogens with one attached hydrogen (secondary N) is 3. The zero-order chi connectivity index (χ0) is 74.9. The number of carbonyl (C=O) groups excluding carboxylic acids is 12. The lowest BCUT2D eigenvalue weighted by atomic mass is 9.78. The van der Waals surface area contributed by atoms with Crippen LogP contribution < -0.4 is 16.0 Å². The van der Waals surface area contributed by atoms with Gasteiger partial charge in [0.15, 0.2) is 0 Å². The van der Waals surface area contributed by atoms with E-state index in [4.69, 9.17) is 11.6 Å². The minimum atomic E-state index is -4.83. The molecule has 568 valence electrons. The lowest BCUT2D eigenvalue weighted by Gasteiger charge is -2.43. The second kappa shape index (κ2) is 34.6. The van der Waals surface area contributed by atoms with Gasteiger partial charge in [-0.2, -0.15) is 13.2 Å². The van der Waals surface area contributed by atoms with E-state index in [2.05, 4.69) is 16.0 Å². The molecule has 0 radical (unpaired) electrons. The number of likely N-dealkylation sites (tertiary alicyclic amines) is 1. The van der Waals surface area contributed by atoms with E-state index in [1.54, 1.807) is 11.8 Å². The molecule has 12 amide bonds. The molecule has 1 aromatic carbocycles. The van der Waals surface area contributed by atoms with Gasteiger partial charge in [0.2, 0.25) is 70.9 Å². The molecule has 7 aliphatic rings. The van der Waals surface area contributed by atoms with Crippen molar-refractivity contribution in [3.05, 3.63) is 34.3 Å². The number of benzene rings is 1. The molecule has 3 aliphatic heterocycles. The molecular formula is C72H106ClF5N12O12. The summed E-state index contributed by atoms with van der Waals surface area (Å²) in [5.74, 6) is -14.5. The van der Waals surface area contributed by atoms with Gasteiger partial charge in [-0.05, 0) is 112 Å². The smallest absolute Gasteiger partial charge is 0.343 e. The highest BCUT2D eigenvalue weighted by Gasteiger charge is 2.55. The maximum absolute atomic E-state index is 16.2. The van der Waals surface area contributed by atoms with Crippen molar-refractivity contribution in [2.24, 2.45) is 23.7 Å². The number of carbonyl (C=O) groups is 12. The Morgan fingerprint density at radius 1 is 0.627 bits per heavy atom. The fourth-order valence-electron chi connectivity index (χ4n) is 16.2. The number of rotatable bonds is 10. The molecule has 3 saturated heterocycles. The number of halogens is 6. The van der Waals surface area contributed by atoms with Crippen LogP contribution in [0.2, 0.25) is 5.02 Å². The number of aryl methyl sites for hydroxylation is 1. The van der Waals surface area contributed by atoms with Gasteiger partial charge in [0, 0.05) is 68.8 Å². The summed E-state index contributed by atoms with van der Waals surface area (Å²) in [6.07, 6.45) is 4.23. The van der Waals surface area contributed by atoms with E-state index < -0.39 is 199 Å². The van der Waals surface area contributed by atoms with Gasteiger partial charge in [-0.15, -0.1) is 0 Å². The van der Waals surface area contributed by atoms with Crippen LogP contribution in [0, 0.1) is 23.7 Å². The van der Waals surface area contributed by atoms with E-state index in [-0.39, 0.29) is 43.1 Å². The average molecular weight is 1460 g/mol. The lowest BCUT2D eigenvalue weighted by molar-refractivity contribution is -0.157. The van der Waals surface area contributed by atoms with Crippen LogP contribution >= 0.6 is 11.6 Å². The molecule has 3 N–H and O–H groups in total. The van der Waals surface area contributed by atoms with Crippen molar-refractivity contribution in [1.29, 1.82) is 0 Å². The summed E-state index contributed by atoms with van der Waals surface area (Å²) in [6, 6.07) is -7.24. The first-order valence-corrected chi connectivity index (χ1v) is 37.0. The Bertz CT molecular complexity index is 3250. The van der Waals surface area contributed by atoms with Crippen molar-refractivity contribution in [1.82, 2.24) is 60.0 Å². The molecular weight excluding hydrogens is 1360 g/mol. The van der Waals surface area contributed by atoms with Gasteiger partial charge in [-0.3, -0.25) is 57.5 Å². The molecule has 0 aromatic heterocycles. The molecule has 1 spiro atoms. The third-order valence-electron chi connectivity index (χ3n) is 22.9. The molecule has 1 aromatic rings. The Kier molecular flexibility index (Phi) is 27.3. The van der Waals surface area contributed by atoms with Gasteiger partial charge in [-0.1, -0.05) is 109 Å². The molecule has 4 aliphatic carbocycles. The highest BCUT2D eigenvalue weighted by Crippen LogP contribution is 2.41. The van der Waals surface area contributed by atoms with Gasteiger partial charge in [0.05, 0.1) is 43.2 Å². The van der Waals surface area contributed by atoms with Crippen LogP contribution in [0.25, 0.3) is 0 Å². The SMILES string of the molecule is CC[C@H](C)[C@@H]1NC(=O)[C@H](C2CCC2)N(C)C(=O)C[C@@H](C(=O)N2CCCC2)N(C)C(=O)[C@H](C2CCCCC2)N(C)C(=O)C2(CCCC2)NC(=O)[C@@H]2CC(F)(F)CN2C(=O)[C@H](CCc2ccc(C(F)(F)F)c(Cl)c2)NC(=O)CN(C)C(=O)[C@H](CC2CCCCC2)N(C)C(=O)CN(C)C(=O)CN(C)C1=O. The van der Waals surface area contributed by atoms with E-state index in [1.165, 1.54) is 68.9 Å². The van der Waals surface area contributed by atoms with E-state index >= 15 is 32.8 Å². The summed E-state index contributed by atoms with van der Waals surface area (Å²) >= 11 is 6.11. The second-order valence-electron chi connectivity index (χ2n) is 30.2. The monoisotopic (exact) mass is 1460 g/mol. The predicted octanol–water partition coefficient (Wildman–Crippen LogP) is 6.03. The van der Waals surface area contributed by atoms with E-state index in [0.717, 1.165) is 77.8 Å². The highest BCUT2D eigenvalue weighted by atomic mass is 35.5. The number of hydrogen-bond acceptors (Lipinski definition) is 12. The van der Waals surface area contributed by atoms with E-state index in [1.807, 2.05) is 6.92 Å². The molecule has 24 nitrogen and oxygen atoms in total. The fraction of sp³-hybridized carbons (Fsp3) is 0.750. The van der Waals surface area contributed by atoms with Crippen LogP contribution in [0.15, 0.2) is 18.2 Å². The van der Waals surface area contributed by atoms with E-state index in [9.17, 15) is 46.7 Å². The number of amides is 12. The molecule has 30 heteroatoms. The maximum Gasteiger partial charge on any atom is 0.417 e. The molecule has 0 bridgehead atoms. The van der Waals surface area contributed by atoms with Gasteiger partial charge in [-0.25, -0.2) is 8.78 Å². The Morgan fingerprint density at radius 3 is 1.80 bits per heavy atom. The summed E-state index contributed by atoms with van der Waals surface area (Å²) in [4.78, 5) is 190. The Morgan fingerprint density at radius 2 is 1.22 bits per heavy atom. The minimum Gasteiger partial charge on any atom is -0.343 e. The van der Waals surface area contributed by atoms with Crippen molar-refractivity contribution in [3.63, 3.8) is 0 Å². The van der Waals surface area contributed by atoms with Gasteiger partial charge < -0.3 is 60.0 Å². The van der Waals surface area contributed by atoms with E-state index in [0.29, 0.717) is 88.6 Å². The van der Waals surface area contributed by atoms with Crippen LogP contribution in [-0.4, -0.2) is 257 Å². The van der Waals surface area contributed by atoms with Crippen LogP contribution in [0.1, 0.15) is 179 Å². The number of fused-ring (bicyclic) bond motifs is 1. The topological polar surface area (TPSA) is 270 Å². The summed E-state index contributed by atoms with van der Waals surface area (Å²) in [6.45, 7) is 1.01. The van der Waals surface area contributed by atoms with Crippen LogP contribution in [0.3, 0.4) is 0 Å². The molecule has 102 heavy (non-hydrogen) atoms. The van der Waals surface area contributed by atoms with Crippen molar-refractivity contribution in [3.8, 4) is 0 Å². The summed E-state index contributed by atoms with van der Waals surface area (Å²) in [5, 5.41) is 7.59. The quantitative estimate of drug-likeness (QED) is 0.227. The molecule has 4 saturated carbocycles. The van der Waals surface area contributed by atoms with Gasteiger partial charge >= 0.3 is 6.18 Å². The predicted molar refractivity (Wildman–Crippen MR) is 367 cm³/mol. The average Bonchev–Trinajstić information content (AvgIpc) is 1.51. The molecule has 7 fully saturated rings. The van der Waals surface area contributed by atoms with Gasteiger partial charge in [0.1, 0.15) is 47.8 Å². The fourth-order valence-corrected chi connectivity index (χ4v) is 16.5. The Hall–Kier alpha value is -7.20. The molecule has 8 atom stereocenters. The number of hydrogen-bond donors (Lipinski definition) is 3. The zero-order valence-corrected chi connectivity index (χ0v) is 61.5. The van der Waals surface area contributed by atoms with Gasteiger partial charge in [0.25, 0.3) is 5.92 Å².